The lowest BCUT2D eigenvalue weighted by atomic mass is 10.1. The molecule has 108 valence electrons. The molecule has 1 aromatic rings. The lowest BCUT2D eigenvalue weighted by Crippen LogP contribution is -2.39. The van der Waals surface area contributed by atoms with E-state index in [1.54, 1.807) is 0 Å². The maximum Gasteiger partial charge on any atom is 0.231 e. The van der Waals surface area contributed by atoms with E-state index >= 15 is 0 Å². The standard InChI is InChI=1S/C15H21N3OS/c16-14(19)10-18(13-3-1-2-4-13)9-11-5-7-12(8-6-11)15(17)20/h5-8,13H,1-4,9-10H2,(H2,16,19)(H2,17,20). The lowest BCUT2D eigenvalue weighted by molar-refractivity contribution is -0.119. The van der Waals surface area contributed by atoms with Crippen molar-refractivity contribution in [2.45, 2.75) is 38.3 Å². The number of benzene rings is 1. The van der Waals surface area contributed by atoms with Gasteiger partial charge in [-0.3, -0.25) is 9.69 Å². The number of hydrogen-bond acceptors (Lipinski definition) is 3. The molecule has 0 bridgehead atoms. The number of carbonyl (C=O) groups is 1. The average molecular weight is 291 g/mol. The molecule has 5 heteroatoms. The Morgan fingerprint density at radius 1 is 1.20 bits per heavy atom. The number of primary amides is 1. The van der Waals surface area contributed by atoms with Gasteiger partial charge in [-0.15, -0.1) is 0 Å². The van der Waals surface area contributed by atoms with Gasteiger partial charge in [-0.2, -0.15) is 0 Å². The van der Waals surface area contributed by atoms with Crippen molar-refractivity contribution in [1.29, 1.82) is 0 Å². The highest BCUT2D eigenvalue weighted by Crippen LogP contribution is 2.24. The molecule has 4 N–H and O–H groups in total. The van der Waals surface area contributed by atoms with E-state index in [0.29, 0.717) is 17.6 Å². The Kier molecular flexibility index (Phi) is 5.09. The first kappa shape index (κ1) is 14.9. The summed E-state index contributed by atoms with van der Waals surface area (Å²) in [5.41, 5.74) is 13.0. The van der Waals surface area contributed by atoms with Crippen LogP contribution in [0.3, 0.4) is 0 Å². The summed E-state index contributed by atoms with van der Waals surface area (Å²) >= 11 is 4.94. The van der Waals surface area contributed by atoms with Crippen LogP contribution in [0, 0.1) is 0 Å². The zero-order valence-electron chi connectivity index (χ0n) is 11.5. The predicted octanol–water partition coefficient (Wildman–Crippen LogP) is 1.55. The first-order valence-electron chi connectivity index (χ1n) is 6.97. The SMILES string of the molecule is NC(=O)CN(Cc1ccc(C(N)=S)cc1)C1CCCC1. The molecule has 1 aromatic carbocycles. The Balaban J connectivity index is 2.06. The van der Waals surface area contributed by atoms with Crippen molar-refractivity contribution in [3.63, 3.8) is 0 Å². The molecule has 20 heavy (non-hydrogen) atoms. The monoisotopic (exact) mass is 291 g/mol. The van der Waals surface area contributed by atoms with Gasteiger partial charge in [-0.25, -0.2) is 0 Å². The molecule has 0 spiro atoms. The Morgan fingerprint density at radius 2 is 1.80 bits per heavy atom. The summed E-state index contributed by atoms with van der Waals surface area (Å²) in [5, 5.41) is 0. The molecule has 1 aliphatic rings. The lowest BCUT2D eigenvalue weighted by Gasteiger charge is -2.27. The summed E-state index contributed by atoms with van der Waals surface area (Å²) in [4.78, 5) is 13.8. The van der Waals surface area contributed by atoms with Crippen molar-refractivity contribution < 1.29 is 4.79 Å². The number of nitrogens with zero attached hydrogens (tertiary/aromatic N) is 1. The summed E-state index contributed by atoms with van der Waals surface area (Å²) in [6, 6.07) is 8.34. The van der Waals surface area contributed by atoms with Crippen LogP contribution < -0.4 is 11.5 Å². The number of amides is 1. The second-order valence-corrected chi connectivity index (χ2v) is 5.81. The van der Waals surface area contributed by atoms with E-state index in [1.807, 2.05) is 24.3 Å². The van der Waals surface area contributed by atoms with E-state index < -0.39 is 0 Å². The van der Waals surface area contributed by atoms with Crippen molar-refractivity contribution >= 4 is 23.1 Å². The van der Waals surface area contributed by atoms with Gasteiger partial charge in [0.15, 0.2) is 0 Å². The van der Waals surface area contributed by atoms with Crippen LogP contribution in [-0.2, 0) is 11.3 Å². The van der Waals surface area contributed by atoms with Crippen molar-refractivity contribution in [2.24, 2.45) is 11.5 Å². The minimum Gasteiger partial charge on any atom is -0.389 e. The third kappa shape index (κ3) is 4.02. The molecule has 1 saturated carbocycles. The normalized spacial score (nSPS) is 15.7. The van der Waals surface area contributed by atoms with E-state index in [2.05, 4.69) is 4.90 Å². The molecule has 0 radical (unpaired) electrons. The summed E-state index contributed by atoms with van der Waals surface area (Å²) in [6.45, 7) is 1.06. The molecule has 0 saturated heterocycles. The zero-order valence-corrected chi connectivity index (χ0v) is 12.4. The Bertz CT molecular complexity index is 480. The van der Waals surface area contributed by atoms with Gasteiger partial charge in [-0.05, 0) is 18.4 Å². The summed E-state index contributed by atoms with van der Waals surface area (Å²) in [6.07, 6.45) is 4.77. The highest BCUT2D eigenvalue weighted by atomic mass is 32.1. The Labute approximate surface area is 125 Å². The smallest absolute Gasteiger partial charge is 0.231 e. The van der Waals surface area contributed by atoms with Crippen molar-refractivity contribution in [2.75, 3.05) is 6.54 Å². The van der Waals surface area contributed by atoms with E-state index in [4.69, 9.17) is 23.7 Å². The molecule has 0 aliphatic heterocycles. The first-order chi connectivity index (χ1) is 9.56. The number of hydrogen-bond donors (Lipinski definition) is 2. The van der Waals surface area contributed by atoms with Crippen LogP contribution in [0.5, 0.6) is 0 Å². The third-order valence-corrected chi connectivity index (χ3v) is 4.06. The van der Waals surface area contributed by atoms with Crippen molar-refractivity contribution in [3.05, 3.63) is 35.4 Å². The molecule has 0 heterocycles. The predicted molar refractivity (Wildman–Crippen MR) is 84.2 cm³/mol. The van der Waals surface area contributed by atoms with Gasteiger partial charge in [-0.1, -0.05) is 49.3 Å². The van der Waals surface area contributed by atoms with Crippen LogP contribution in [0.15, 0.2) is 24.3 Å². The highest BCUT2D eigenvalue weighted by molar-refractivity contribution is 7.80. The second-order valence-electron chi connectivity index (χ2n) is 5.37. The van der Waals surface area contributed by atoms with Gasteiger partial charge in [0.2, 0.25) is 5.91 Å². The van der Waals surface area contributed by atoms with Gasteiger partial charge in [0.25, 0.3) is 0 Å². The number of carbonyl (C=O) groups excluding carboxylic acids is 1. The van der Waals surface area contributed by atoms with Crippen LogP contribution in [0.25, 0.3) is 0 Å². The minimum absolute atomic E-state index is 0.267. The van der Waals surface area contributed by atoms with Gasteiger partial charge in [0.1, 0.15) is 4.99 Å². The van der Waals surface area contributed by atoms with Crippen molar-refractivity contribution in [1.82, 2.24) is 4.90 Å². The third-order valence-electron chi connectivity index (χ3n) is 3.82. The van der Waals surface area contributed by atoms with Crippen LogP contribution in [0.2, 0.25) is 0 Å². The first-order valence-corrected chi connectivity index (χ1v) is 7.38. The summed E-state index contributed by atoms with van der Waals surface area (Å²) < 4.78 is 0. The fourth-order valence-electron chi connectivity index (χ4n) is 2.79. The maximum absolute atomic E-state index is 11.2. The summed E-state index contributed by atoms with van der Waals surface area (Å²) in [5.74, 6) is -0.267. The number of nitrogens with two attached hydrogens (primary N) is 2. The van der Waals surface area contributed by atoms with Gasteiger partial charge in [0, 0.05) is 18.2 Å². The maximum atomic E-state index is 11.2. The van der Waals surface area contributed by atoms with Crippen LogP contribution in [0.4, 0.5) is 0 Å². The molecule has 1 aliphatic carbocycles. The molecule has 0 atom stereocenters. The molecular formula is C15H21N3OS. The topological polar surface area (TPSA) is 72.4 Å². The Morgan fingerprint density at radius 3 is 2.30 bits per heavy atom. The molecule has 1 amide bonds. The fourth-order valence-corrected chi connectivity index (χ4v) is 2.93. The quantitative estimate of drug-likeness (QED) is 0.780. The largest absolute Gasteiger partial charge is 0.389 e. The molecule has 0 aromatic heterocycles. The van der Waals surface area contributed by atoms with Gasteiger partial charge in [0.05, 0.1) is 6.54 Å². The highest BCUT2D eigenvalue weighted by Gasteiger charge is 2.23. The summed E-state index contributed by atoms with van der Waals surface area (Å²) in [7, 11) is 0. The van der Waals surface area contributed by atoms with Crippen molar-refractivity contribution in [3.8, 4) is 0 Å². The minimum atomic E-state index is -0.267. The van der Waals surface area contributed by atoms with Gasteiger partial charge < -0.3 is 11.5 Å². The number of thiocarbonyl (C=S) groups is 1. The van der Waals surface area contributed by atoms with Crippen LogP contribution in [-0.4, -0.2) is 28.4 Å². The molecule has 1 fully saturated rings. The van der Waals surface area contributed by atoms with E-state index in [-0.39, 0.29) is 5.91 Å². The second kappa shape index (κ2) is 6.81. The Hall–Kier alpha value is -1.46. The zero-order chi connectivity index (χ0) is 14.5. The molecular weight excluding hydrogens is 270 g/mol. The number of rotatable bonds is 6. The van der Waals surface area contributed by atoms with E-state index in [1.165, 1.54) is 12.8 Å². The molecule has 2 rings (SSSR count). The molecule has 4 nitrogen and oxygen atoms in total. The van der Waals surface area contributed by atoms with Crippen LogP contribution >= 0.6 is 12.2 Å². The van der Waals surface area contributed by atoms with Gasteiger partial charge >= 0.3 is 0 Å². The van der Waals surface area contributed by atoms with E-state index in [0.717, 1.165) is 30.5 Å². The average Bonchev–Trinajstić information content (AvgIpc) is 2.92. The fraction of sp³-hybridized carbons (Fsp3) is 0.467. The van der Waals surface area contributed by atoms with Crippen LogP contribution in [0.1, 0.15) is 36.8 Å². The molecule has 0 unspecified atom stereocenters. The van der Waals surface area contributed by atoms with E-state index in [9.17, 15) is 4.79 Å².